The maximum absolute atomic E-state index is 12.1. The van der Waals surface area contributed by atoms with E-state index >= 15 is 0 Å². The Morgan fingerprint density at radius 1 is 1.04 bits per heavy atom. The number of benzene rings is 2. The van der Waals surface area contributed by atoms with Gasteiger partial charge in [0.05, 0.1) is 13.0 Å². The number of hydrogen-bond acceptors (Lipinski definition) is 3. The van der Waals surface area contributed by atoms with Gasteiger partial charge in [-0.05, 0) is 17.5 Å². The van der Waals surface area contributed by atoms with Gasteiger partial charge < -0.3 is 10.1 Å². The Hall–Kier alpha value is -2.13. The summed E-state index contributed by atoms with van der Waals surface area (Å²) in [7, 11) is 0. The van der Waals surface area contributed by atoms with E-state index in [4.69, 9.17) is 4.74 Å². The molecule has 0 amide bonds. The van der Waals surface area contributed by atoms with Crippen molar-refractivity contribution in [2.75, 3.05) is 6.61 Å². The molecule has 0 fully saturated rings. The lowest BCUT2D eigenvalue weighted by Gasteiger charge is -2.19. The Labute approximate surface area is 138 Å². The molecule has 3 nitrogen and oxygen atoms in total. The van der Waals surface area contributed by atoms with Crippen LogP contribution in [0, 0.1) is 0 Å². The van der Waals surface area contributed by atoms with Crippen LogP contribution in [0.5, 0.6) is 0 Å². The highest BCUT2D eigenvalue weighted by Crippen LogP contribution is 2.18. The molecule has 0 radical (unpaired) electrons. The maximum atomic E-state index is 12.1. The van der Waals surface area contributed by atoms with Gasteiger partial charge in [-0.25, -0.2) is 0 Å². The minimum atomic E-state index is -0.145. The number of rotatable bonds is 9. The first-order valence-corrected chi connectivity index (χ1v) is 8.27. The molecule has 0 aliphatic rings. The van der Waals surface area contributed by atoms with Gasteiger partial charge in [0, 0.05) is 12.6 Å². The van der Waals surface area contributed by atoms with Crippen LogP contribution in [-0.2, 0) is 16.1 Å². The average Bonchev–Trinajstić information content (AvgIpc) is 2.60. The van der Waals surface area contributed by atoms with Gasteiger partial charge in [-0.2, -0.15) is 0 Å². The van der Waals surface area contributed by atoms with E-state index in [2.05, 4.69) is 24.4 Å². The number of unbranched alkanes of at least 4 members (excludes halogenated alkanes) is 1. The van der Waals surface area contributed by atoms with Crippen molar-refractivity contribution in [1.29, 1.82) is 0 Å². The summed E-state index contributed by atoms with van der Waals surface area (Å²) >= 11 is 0. The molecule has 1 unspecified atom stereocenters. The average molecular weight is 311 g/mol. The number of carbonyl (C=O) groups is 1. The zero-order valence-corrected chi connectivity index (χ0v) is 13.7. The van der Waals surface area contributed by atoms with Crippen molar-refractivity contribution in [3.05, 3.63) is 71.8 Å². The van der Waals surface area contributed by atoms with Crippen molar-refractivity contribution < 1.29 is 9.53 Å². The molecule has 0 saturated carbocycles. The molecule has 1 N–H and O–H groups in total. The Bertz CT molecular complexity index is 569. The highest BCUT2D eigenvalue weighted by Gasteiger charge is 2.16. The fourth-order valence-corrected chi connectivity index (χ4v) is 2.39. The molecule has 122 valence electrons. The smallest absolute Gasteiger partial charge is 0.307 e. The van der Waals surface area contributed by atoms with E-state index in [9.17, 15) is 4.79 Å². The van der Waals surface area contributed by atoms with Crippen molar-refractivity contribution in [1.82, 2.24) is 5.32 Å². The summed E-state index contributed by atoms with van der Waals surface area (Å²) < 4.78 is 5.31. The fraction of sp³-hybridized carbons (Fsp3) is 0.350. The lowest BCUT2D eigenvalue weighted by Crippen LogP contribution is -2.24. The standard InChI is InChI=1S/C20H25NO2/c1-2-3-14-23-20(22)15-19(18-12-8-5-9-13-18)21-16-17-10-6-4-7-11-17/h4-13,19,21H,2-3,14-16H2,1H3. The van der Waals surface area contributed by atoms with E-state index in [1.165, 1.54) is 5.56 Å². The van der Waals surface area contributed by atoms with E-state index in [0.717, 1.165) is 24.9 Å². The van der Waals surface area contributed by atoms with Crippen molar-refractivity contribution in [2.45, 2.75) is 38.8 Å². The molecule has 0 aromatic heterocycles. The first kappa shape index (κ1) is 17.2. The summed E-state index contributed by atoms with van der Waals surface area (Å²) in [5.41, 5.74) is 2.31. The van der Waals surface area contributed by atoms with Crippen molar-refractivity contribution in [3.8, 4) is 0 Å². The monoisotopic (exact) mass is 311 g/mol. The SMILES string of the molecule is CCCCOC(=O)CC(NCc1ccccc1)c1ccccc1. The number of carbonyl (C=O) groups excluding carboxylic acids is 1. The molecule has 0 saturated heterocycles. The Morgan fingerprint density at radius 2 is 1.70 bits per heavy atom. The molecule has 1 atom stereocenters. The lowest BCUT2D eigenvalue weighted by molar-refractivity contribution is -0.144. The molecule has 2 aromatic carbocycles. The summed E-state index contributed by atoms with van der Waals surface area (Å²) in [4.78, 5) is 12.1. The third-order valence-electron chi connectivity index (χ3n) is 3.73. The topological polar surface area (TPSA) is 38.3 Å². The first-order valence-electron chi connectivity index (χ1n) is 8.27. The van der Waals surface area contributed by atoms with E-state index in [-0.39, 0.29) is 12.0 Å². The van der Waals surface area contributed by atoms with Crippen LogP contribution in [0.1, 0.15) is 43.4 Å². The molecular weight excluding hydrogens is 286 g/mol. The second-order valence-electron chi connectivity index (χ2n) is 5.61. The highest BCUT2D eigenvalue weighted by atomic mass is 16.5. The fourth-order valence-electron chi connectivity index (χ4n) is 2.39. The maximum Gasteiger partial charge on any atom is 0.307 e. The van der Waals surface area contributed by atoms with Crippen molar-refractivity contribution >= 4 is 5.97 Å². The number of esters is 1. The van der Waals surface area contributed by atoms with Crippen LogP contribution >= 0.6 is 0 Å². The zero-order chi connectivity index (χ0) is 16.3. The molecule has 0 heterocycles. The summed E-state index contributed by atoms with van der Waals surface area (Å²) in [5.74, 6) is -0.145. The zero-order valence-electron chi connectivity index (χ0n) is 13.7. The molecule has 3 heteroatoms. The minimum Gasteiger partial charge on any atom is -0.466 e. The number of nitrogens with one attached hydrogen (secondary N) is 1. The summed E-state index contributed by atoms with van der Waals surface area (Å²) in [5, 5.41) is 3.47. The van der Waals surface area contributed by atoms with Gasteiger partial charge in [0.1, 0.15) is 0 Å². The molecule has 0 spiro atoms. The first-order chi connectivity index (χ1) is 11.3. The van der Waals surface area contributed by atoms with Crippen LogP contribution in [0.25, 0.3) is 0 Å². The quantitative estimate of drug-likeness (QED) is 0.556. The van der Waals surface area contributed by atoms with E-state index in [1.54, 1.807) is 0 Å². The molecular formula is C20H25NO2. The van der Waals surface area contributed by atoms with Gasteiger partial charge >= 0.3 is 5.97 Å². The Kier molecular flexibility index (Phi) is 7.34. The molecule has 2 rings (SSSR count). The summed E-state index contributed by atoms with van der Waals surface area (Å²) in [6.07, 6.45) is 2.29. The van der Waals surface area contributed by atoms with Crippen LogP contribution in [0.2, 0.25) is 0 Å². The molecule has 2 aromatic rings. The second-order valence-corrected chi connectivity index (χ2v) is 5.61. The molecule has 0 aliphatic heterocycles. The second kappa shape index (κ2) is 9.80. The predicted molar refractivity (Wildman–Crippen MR) is 92.9 cm³/mol. The van der Waals surface area contributed by atoms with Crippen LogP contribution in [0.3, 0.4) is 0 Å². The van der Waals surface area contributed by atoms with Crippen LogP contribution in [0.4, 0.5) is 0 Å². The van der Waals surface area contributed by atoms with Gasteiger partial charge in [0.2, 0.25) is 0 Å². The van der Waals surface area contributed by atoms with Crippen molar-refractivity contribution in [2.24, 2.45) is 0 Å². The van der Waals surface area contributed by atoms with E-state index in [1.807, 2.05) is 48.5 Å². The summed E-state index contributed by atoms with van der Waals surface area (Å²) in [6.45, 7) is 3.32. The van der Waals surface area contributed by atoms with Crippen LogP contribution in [0.15, 0.2) is 60.7 Å². The largest absolute Gasteiger partial charge is 0.466 e. The normalized spacial score (nSPS) is 11.9. The summed E-state index contributed by atoms with van der Waals surface area (Å²) in [6, 6.07) is 20.2. The highest BCUT2D eigenvalue weighted by molar-refractivity contribution is 5.70. The Balaban J connectivity index is 1.96. The molecule has 23 heavy (non-hydrogen) atoms. The molecule has 0 aliphatic carbocycles. The Morgan fingerprint density at radius 3 is 2.35 bits per heavy atom. The predicted octanol–water partition coefficient (Wildman–Crippen LogP) is 4.25. The van der Waals surface area contributed by atoms with Gasteiger partial charge in [0.15, 0.2) is 0 Å². The van der Waals surface area contributed by atoms with E-state index in [0.29, 0.717) is 13.0 Å². The van der Waals surface area contributed by atoms with Gasteiger partial charge in [0.25, 0.3) is 0 Å². The molecule has 0 bridgehead atoms. The number of hydrogen-bond donors (Lipinski definition) is 1. The van der Waals surface area contributed by atoms with Crippen LogP contribution in [-0.4, -0.2) is 12.6 Å². The lowest BCUT2D eigenvalue weighted by atomic mass is 10.0. The van der Waals surface area contributed by atoms with Crippen molar-refractivity contribution in [3.63, 3.8) is 0 Å². The third kappa shape index (κ3) is 6.25. The third-order valence-corrected chi connectivity index (χ3v) is 3.73. The van der Waals surface area contributed by atoms with Gasteiger partial charge in [-0.1, -0.05) is 74.0 Å². The van der Waals surface area contributed by atoms with Gasteiger partial charge in [-0.15, -0.1) is 0 Å². The van der Waals surface area contributed by atoms with Crippen LogP contribution < -0.4 is 5.32 Å². The number of ether oxygens (including phenoxy) is 1. The minimum absolute atomic E-state index is 0.0365. The van der Waals surface area contributed by atoms with E-state index < -0.39 is 0 Å². The van der Waals surface area contributed by atoms with Gasteiger partial charge in [-0.3, -0.25) is 4.79 Å².